The number of nitrogens with zero attached hydrogens (tertiary/aromatic N) is 3. The molecule has 7 heteroatoms. The third-order valence-corrected chi connectivity index (χ3v) is 4.12. The third kappa shape index (κ3) is 2.40. The maximum absolute atomic E-state index is 12.1. The molecule has 0 spiro atoms. The zero-order chi connectivity index (χ0) is 16.7. The quantitative estimate of drug-likeness (QED) is 0.791. The summed E-state index contributed by atoms with van der Waals surface area (Å²) in [6.07, 6.45) is 3.50. The summed E-state index contributed by atoms with van der Waals surface area (Å²) >= 11 is 0. The average molecular weight is 322 g/mol. The Morgan fingerprint density at radius 1 is 1.33 bits per heavy atom. The van der Waals surface area contributed by atoms with Crippen molar-refractivity contribution in [3.63, 3.8) is 0 Å². The predicted octanol–water partition coefficient (Wildman–Crippen LogP) is 1.73. The lowest BCUT2D eigenvalue weighted by Crippen LogP contribution is -2.28. The summed E-state index contributed by atoms with van der Waals surface area (Å²) in [5.41, 5.74) is 8.03. The van der Waals surface area contributed by atoms with Crippen molar-refractivity contribution in [2.45, 2.75) is 6.42 Å². The van der Waals surface area contributed by atoms with Crippen molar-refractivity contribution in [1.29, 1.82) is 0 Å². The maximum atomic E-state index is 12.1. The van der Waals surface area contributed by atoms with Crippen LogP contribution in [0.15, 0.2) is 47.1 Å². The molecule has 0 unspecified atom stereocenters. The Hall–Kier alpha value is -3.22. The summed E-state index contributed by atoms with van der Waals surface area (Å²) in [6, 6.07) is 8.99. The number of carbonyl (C=O) groups excluding carboxylic acids is 2. The van der Waals surface area contributed by atoms with Crippen molar-refractivity contribution >= 4 is 28.6 Å². The molecular formula is C17H14N4O3. The summed E-state index contributed by atoms with van der Waals surface area (Å²) < 4.78 is 5.73. The van der Waals surface area contributed by atoms with Gasteiger partial charge in [-0.05, 0) is 30.3 Å². The fourth-order valence-corrected chi connectivity index (χ4v) is 2.84. The Bertz CT molecular complexity index is 935. The van der Waals surface area contributed by atoms with Crippen molar-refractivity contribution in [1.82, 2.24) is 9.97 Å². The fraction of sp³-hybridized carbons (Fsp3) is 0.176. The van der Waals surface area contributed by atoms with Crippen LogP contribution in [0.1, 0.15) is 6.42 Å². The van der Waals surface area contributed by atoms with Gasteiger partial charge in [-0.3, -0.25) is 14.6 Å². The molecule has 1 aliphatic heterocycles. The predicted molar refractivity (Wildman–Crippen MR) is 86.9 cm³/mol. The Balaban J connectivity index is 1.69. The Labute approximate surface area is 137 Å². The van der Waals surface area contributed by atoms with Crippen LogP contribution < -0.4 is 10.6 Å². The first-order chi connectivity index (χ1) is 11.6. The van der Waals surface area contributed by atoms with Crippen molar-refractivity contribution in [2.24, 2.45) is 11.7 Å². The number of hydrogen-bond donors (Lipinski definition) is 1. The molecule has 1 aliphatic rings. The standard InChI is InChI=1S/C17H14N4O3/c18-16(23)11-6-15(22)21(9-11)12-3-4-14-13(7-12)20-17(24-14)10-2-1-5-19-8-10/h1-5,7-8,11H,6,9H2,(H2,18,23)/t11-/m1/s1. The second kappa shape index (κ2) is 5.45. The smallest absolute Gasteiger partial charge is 0.228 e. The van der Waals surface area contributed by atoms with E-state index in [2.05, 4.69) is 9.97 Å². The van der Waals surface area contributed by atoms with Gasteiger partial charge in [-0.2, -0.15) is 0 Å². The second-order valence-corrected chi connectivity index (χ2v) is 5.72. The number of fused-ring (bicyclic) bond motifs is 1. The van der Waals surface area contributed by atoms with Gasteiger partial charge in [0.05, 0.1) is 11.5 Å². The summed E-state index contributed by atoms with van der Waals surface area (Å²) in [5.74, 6) is -0.546. The van der Waals surface area contributed by atoms with E-state index in [4.69, 9.17) is 10.2 Å². The van der Waals surface area contributed by atoms with Gasteiger partial charge in [-0.25, -0.2) is 4.98 Å². The molecule has 24 heavy (non-hydrogen) atoms. The van der Waals surface area contributed by atoms with Gasteiger partial charge in [0, 0.05) is 31.0 Å². The molecule has 1 atom stereocenters. The molecule has 4 rings (SSSR count). The number of oxazole rings is 1. The van der Waals surface area contributed by atoms with Crippen LogP contribution in [-0.4, -0.2) is 28.3 Å². The molecule has 0 saturated carbocycles. The van der Waals surface area contributed by atoms with Crippen LogP contribution in [0.3, 0.4) is 0 Å². The van der Waals surface area contributed by atoms with E-state index in [1.54, 1.807) is 35.5 Å². The summed E-state index contributed by atoms with van der Waals surface area (Å²) in [6.45, 7) is 0.299. The molecule has 0 aliphatic carbocycles. The highest BCUT2D eigenvalue weighted by Gasteiger charge is 2.34. The number of primary amides is 1. The van der Waals surface area contributed by atoms with Crippen LogP contribution in [-0.2, 0) is 9.59 Å². The van der Waals surface area contributed by atoms with Gasteiger partial charge in [0.25, 0.3) is 0 Å². The van der Waals surface area contributed by atoms with Crippen LogP contribution in [0.5, 0.6) is 0 Å². The number of benzene rings is 1. The minimum atomic E-state index is -0.452. The van der Waals surface area contributed by atoms with E-state index >= 15 is 0 Å². The molecule has 2 aromatic heterocycles. The first kappa shape index (κ1) is 14.4. The van der Waals surface area contributed by atoms with Crippen molar-refractivity contribution in [3.05, 3.63) is 42.7 Å². The van der Waals surface area contributed by atoms with Gasteiger partial charge in [0.15, 0.2) is 5.58 Å². The molecule has 1 fully saturated rings. The van der Waals surface area contributed by atoms with E-state index < -0.39 is 11.8 Å². The molecule has 3 aromatic rings. The SMILES string of the molecule is NC(=O)[C@@H]1CC(=O)N(c2ccc3oc(-c4cccnc4)nc3c2)C1. The fourth-order valence-electron chi connectivity index (χ4n) is 2.84. The van der Waals surface area contributed by atoms with Gasteiger partial charge in [-0.1, -0.05) is 0 Å². The number of amides is 2. The van der Waals surface area contributed by atoms with Gasteiger partial charge in [-0.15, -0.1) is 0 Å². The number of nitrogens with two attached hydrogens (primary N) is 1. The van der Waals surface area contributed by atoms with E-state index in [0.29, 0.717) is 29.2 Å². The Morgan fingerprint density at radius 3 is 2.92 bits per heavy atom. The number of aromatic nitrogens is 2. The molecule has 1 aromatic carbocycles. The first-order valence-corrected chi connectivity index (χ1v) is 7.52. The average Bonchev–Trinajstić information content (AvgIpc) is 3.18. The van der Waals surface area contributed by atoms with E-state index in [0.717, 1.165) is 5.56 Å². The number of pyridine rings is 1. The van der Waals surface area contributed by atoms with Crippen LogP contribution in [0, 0.1) is 5.92 Å². The van der Waals surface area contributed by atoms with Crippen LogP contribution >= 0.6 is 0 Å². The van der Waals surface area contributed by atoms with Crippen LogP contribution in [0.25, 0.3) is 22.6 Å². The zero-order valence-corrected chi connectivity index (χ0v) is 12.7. The highest BCUT2D eigenvalue weighted by Crippen LogP contribution is 2.30. The highest BCUT2D eigenvalue weighted by molar-refractivity contribution is 6.01. The molecule has 120 valence electrons. The molecule has 3 heterocycles. The summed E-state index contributed by atoms with van der Waals surface area (Å²) in [7, 11) is 0. The van der Waals surface area contributed by atoms with E-state index in [1.165, 1.54) is 0 Å². The lowest BCUT2D eigenvalue weighted by molar-refractivity contribution is -0.123. The van der Waals surface area contributed by atoms with E-state index in [-0.39, 0.29) is 12.3 Å². The Morgan fingerprint density at radius 2 is 2.21 bits per heavy atom. The van der Waals surface area contributed by atoms with Gasteiger partial charge in [0.1, 0.15) is 5.52 Å². The summed E-state index contributed by atoms with van der Waals surface area (Å²) in [4.78, 5) is 33.5. The highest BCUT2D eigenvalue weighted by atomic mass is 16.3. The monoisotopic (exact) mass is 322 g/mol. The first-order valence-electron chi connectivity index (χ1n) is 7.52. The van der Waals surface area contributed by atoms with Crippen molar-refractivity contribution < 1.29 is 14.0 Å². The minimum absolute atomic E-state index is 0.117. The third-order valence-electron chi connectivity index (χ3n) is 4.12. The largest absolute Gasteiger partial charge is 0.436 e. The van der Waals surface area contributed by atoms with Crippen LogP contribution in [0.4, 0.5) is 5.69 Å². The molecule has 1 saturated heterocycles. The molecular weight excluding hydrogens is 308 g/mol. The normalized spacial score (nSPS) is 17.6. The lowest BCUT2D eigenvalue weighted by Gasteiger charge is -2.15. The minimum Gasteiger partial charge on any atom is -0.436 e. The molecule has 2 amide bonds. The number of carbonyl (C=O) groups is 2. The molecule has 7 nitrogen and oxygen atoms in total. The molecule has 0 bridgehead atoms. The Kier molecular flexibility index (Phi) is 3.26. The summed E-state index contributed by atoms with van der Waals surface area (Å²) in [5, 5.41) is 0. The van der Waals surface area contributed by atoms with E-state index in [9.17, 15) is 9.59 Å². The maximum Gasteiger partial charge on any atom is 0.228 e. The molecule has 0 radical (unpaired) electrons. The number of rotatable bonds is 3. The number of anilines is 1. The van der Waals surface area contributed by atoms with Gasteiger partial charge in [0.2, 0.25) is 17.7 Å². The molecule has 2 N–H and O–H groups in total. The topological polar surface area (TPSA) is 102 Å². The van der Waals surface area contributed by atoms with Crippen molar-refractivity contribution in [3.8, 4) is 11.5 Å². The van der Waals surface area contributed by atoms with Gasteiger partial charge < -0.3 is 15.1 Å². The number of hydrogen-bond acceptors (Lipinski definition) is 5. The zero-order valence-electron chi connectivity index (χ0n) is 12.7. The van der Waals surface area contributed by atoms with Crippen LogP contribution in [0.2, 0.25) is 0 Å². The van der Waals surface area contributed by atoms with Crippen molar-refractivity contribution in [2.75, 3.05) is 11.4 Å². The van der Waals surface area contributed by atoms with E-state index in [1.807, 2.05) is 12.1 Å². The lowest BCUT2D eigenvalue weighted by atomic mass is 10.1. The second-order valence-electron chi connectivity index (χ2n) is 5.72. The van der Waals surface area contributed by atoms with Gasteiger partial charge >= 0.3 is 0 Å².